The van der Waals surface area contributed by atoms with Gasteiger partial charge in [0.25, 0.3) is 0 Å². The van der Waals surface area contributed by atoms with E-state index in [2.05, 4.69) is 10.3 Å². The van der Waals surface area contributed by atoms with Gasteiger partial charge in [-0.25, -0.2) is 9.19 Å². The highest BCUT2D eigenvalue weighted by Crippen LogP contribution is 2.50. The third kappa shape index (κ3) is 6.86. The van der Waals surface area contributed by atoms with E-state index in [1.165, 1.54) is 24.3 Å². The highest BCUT2D eigenvalue weighted by atomic mass is 33.1. The van der Waals surface area contributed by atoms with Crippen LogP contribution in [-0.4, -0.2) is 60.5 Å². The molecule has 0 aliphatic carbocycles. The van der Waals surface area contributed by atoms with Gasteiger partial charge in [0, 0.05) is 29.2 Å². The second-order valence-corrected chi connectivity index (χ2v) is 14.3. The van der Waals surface area contributed by atoms with Gasteiger partial charge in [0.2, 0.25) is 11.0 Å². The predicted molar refractivity (Wildman–Crippen MR) is 152 cm³/mol. The number of hydrogen-bond acceptors (Lipinski definition) is 10. The summed E-state index contributed by atoms with van der Waals surface area (Å²) in [6.07, 6.45) is 9.50. The highest BCUT2D eigenvalue weighted by molar-refractivity contribution is 8.76. The number of rotatable bonds is 2. The van der Waals surface area contributed by atoms with E-state index in [0.717, 1.165) is 18.4 Å². The summed E-state index contributed by atoms with van der Waals surface area (Å²) in [6.45, 7) is 5.50. The lowest BCUT2D eigenvalue weighted by Crippen LogP contribution is -2.55. The maximum absolute atomic E-state index is 13.3. The Morgan fingerprint density at radius 2 is 2.00 bits per heavy atom. The number of nitrogens with zero attached hydrogens (tertiary/aromatic N) is 1. The number of amides is 1. The maximum atomic E-state index is 13.3. The summed E-state index contributed by atoms with van der Waals surface area (Å²) in [5.41, 5.74) is -0.562. The van der Waals surface area contributed by atoms with Gasteiger partial charge in [0.15, 0.2) is 12.1 Å². The number of carbonyl (C=O) groups excluding carboxylic acids is 3. The normalized spacial score (nSPS) is 37.9. The first-order valence-corrected chi connectivity index (χ1v) is 16.3. The first-order chi connectivity index (χ1) is 18.5. The predicted octanol–water partition coefficient (Wildman–Crippen LogP) is 3.93. The third-order valence-electron chi connectivity index (χ3n) is 7.20. The molecular formula is C27H34N2O7S3. The molecule has 1 aromatic heterocycles. The molecule has 0 radical (unpaired) electrons. The fraction of sp³-hybridized carbons (Fsp3) is 0.556. The Bertz CT molecular complexity index is 1220. The molecule has 2 N–H and O–H groups in total. The van der Waals surface area contributed by atoms with Crippen molar-refractivity contribution in [1.82, 2.24) is 10.3 Å². The van der Waals surface area contributed by atoms with E-state index in [4.69, 9.17) is 9.47 Å². The van der Waals surface area contributed by atoms with Crippen LogP contribution in [0.3, 0.4) is 0 Å². The van der Waals surface area contributed by atoms with Crippen LogP contribution in [0.15, 0.2) is 35.3 Å². The highest BCUT2D eigenvalue weighted by Gasteiger charge is 2.63. The number of fused-ring (bicyclic) bond motifs is 2. The summed E-state index contributed by atoms with van der Waals surface area (Å²) in [5.74, 6) is -0.701. The molecule has 39 heavy (non-hydrogen) atoms. The molecule has 3 aliphatic rings. The van der Waals surface area contributed by atoms with Gasteiger partial charge in [0.1, 0.15) is 21.5 Å². The number of aliphatic hydroxyl groups is 1. The summed E-state index contributed by atoms with van der Waals surface area (Å²) in [7, 11) is -1.29. The van der Waals surface area contributed by atoms with Crippen molar-refractivity contribution in [1.29, 1.82) is 0 Å². The zero-order chi connectivity index (χ0) is 28.2. The van der Waals surface area contributed by atoms with Crippen LogP contribution in [-0.2, 0) is 33.7 Å². The number of nitrogens with one attached hydrogen (secondary N) is 1. The van der Waals surface area contributed by atoms with E-state index >= 15 is 0 Å². The minimum absolute atomic E-state index is 0.0936. The fourth-order valence-corrected chi connectivity index (χ4v) is 9.46. The van der Waals surface area contributed by atoms with Crippen molar-refractivity contribution in [2.75, 3.05) is 6.61 Å². The third-order valence-corrected chi connectivity index (χ3v) is 12.2. The van der Waals surface area contributed by atoms with E-state index in [-0.39, 0.29) is 25.0 Å². The van der Waals surface area contributed by atoms with Crippen LogP contribution < -0.4 is 5.32 Å². The molecule has 2 saturated heterocycles. The Hall–Kier alpha value is -1.96. The van der Waals surface area contributed by atoms with Crippen LogP contribution in [0.1, 0.15) is 76.0 Å². The first-order valence-electron chi connectivity index (χ1n) is 13.0. The lowest BCUT2D eigenvalue weighted by molar-refractivity contribution is -0.181. The number of thiazole rings is 1. The standard InChI is InChI=1S/C27H34N2O7S3/c1-17-11-12-27(26(3,33)25(32)38-39(27)34)15-22(31)28-18(2)24-29-19(16-37-24)8-4-5-9-20(30)21(14-17)36-23-10-6-7-13-35-23/h4-5,8-9,14,16,18,21,23,33H,6-7,10-13,15H2,1-3H3,(H,28,31)/b8-4-,9-5+,17-14+/t18-,21-,23-,26+,27-,39+/m1/s1. The van der Waals surface area contributed by atoms with Crippen molar-refractivity contribution in [2.24, 2.45) is 0 Å². The van der Waals surface area contributed by atoms with E-state index in [0.29, 0.717) is 34.5 Å². The van der Waals surface area contributed by atoms with E-state index in [1.54, 1.807) is 31.2 Å². The van der Waals surface area contributed by atoms with Crippen molar-refractivity contribution in [2.45, 2.75) is 88.1 Å². The van der Waals surface area contributed by atoms with Crippen LogP contribution in [0.2, 0.25) is 0 Å². The van der Waals surface area contributed by atoms with Crippen molar-refractivity contribution >= 4 is 54.8 Å². The summed E-state index contributed by atoms with van der Waals surface area (Å²) in [4.78, 5) is 43.5. The van der Waals surface area contributed by atoms with Crippen molar-refractivity contribution in [3.8, 4) is 0 Å². The molecule has 212 valence electrons. The Morgan fingerprint density at radius 1 is 1.23 bits per heavy atom. The summed E-state index contributed by atoms with van der Waals surface area (Å²) in [5, 5.41) is 16.0. The Morgan fingerprint density at radius 3 is 2.69 bits per heavy atom. The molecule has 12 heteroatoms. The van der Waals surface area contributed by atoms with Gasteiger partial charge in [-0.1, -0.05) is 17.7 Å². The second kappa shape index (κ2) is 12.7. The monoisotopic (exact) mass is 594 g/mol. The van der Waals surface area contributed by atoms with Gasteiger partial charge in [-0.3, -0.25) is 14.4 Å². The molecule has 6 atom stereocenters. The molecule has 4 heterocycles. The number of hydrogen-bond donors (Lipinski definition) is 2. The number of ether oxygens (including phenoxy) is 2. The van der Waals surface area contributed by atoms with Crippen molar-refractivity contribution < 1.29 is 33.2 Å². The van der Waals surface area contributed by atoms with Gasteiger partial charge in [-0.15, -0.1) is 11.3 Å². The summed E-state index contributed by atoms with van der Waals surface area (Å²) in [6, 6.07) is -0.428. The van der Waals surface area contributed by atoms with Crippen LogP contribution in [0.4, 0.5) is 0 Å². The van der Waals surface area contributed by atoms with E-state index in [1.807, 2.05) is 12.3 Å². The fourth-order valence-electron chi connectivity index (χ4n) is 4.72. The van der Waals surface area contributed by atoms with Crippen LogP contribution in [0.25, 0.3) is 6.08 Å². The van der Waals surface area contributed by atoms with Gasteiger partial charge in [-0.05, 0) is 71.1 Å². The average molecular weight is 595 g/mol. The molecule has 1 aromatic rings. The number of aromatic nitrogens is 1. The van der Waals surface area contributed by atoms with E-state index in [9.17, 15) is 23.7 Å². The minimum Gasteiger partial charge on any atom is -0.380 e. The van der Waals surface area contributed by atoms with Gasteiger partial charge in [-0.2, -0.15) is 0 Å². The topological polar surface area (TPSA) is 132 Å². The smallest absolute Gasteiger partial charge is 0.234 e. The van der Waals surface area contributed by atoms with Crippen molar-refractivity contribution in [3.63, 3.8) is 0 Å². The Balaban J connectivity index is 1.69. The zero-order valence-electron chi connectivity index (χ0n) is 22.2. The first kappa shape index (κ1) is 30.0. The zero-order valence-corrected chi connectivity index (χ0v) is 24.7. The molecule has 0 unspecified atom stereocenters. The molecule has 2 fully saturated rings. The molecule has 4 rings (SSSR count). The average Bonchev–Trinajstić information content (AvgIpc) is 3.42. The van der Waals surface area contributed by atoms with Crippen LogP contribution >= 0.6 is 22.1 Å². The molecule has 3 aliphatic heterocycles. The molecule has 9 nitrogen and oxygen atoms in total. The molecule has 1 amide bonds. The molecule has 2 bridgehead atoms. The number of allylic oxidation sites excluding steroid dienone is 3. The lowest BCUT2D eigenvalue weighted by atomic mass is 9.81. The Kier molecular flexibility index (Phi) is 9.77. The lowest BCUT2D eigenvalue weighted by Gasteiger charge is -2.36. The summed E-state index contributed by atoms with van der Waals surface area (Å²) >= 11 is 1.37. The Labute approximate surface area is 238 Å². The van der Waals surface area contributed by atoms with E-state index < -0.39 is 49.6 Å². The maximum Gasteiger partial charge on any atom is 0.234 e. The van der Waals surface area contributed by atoms with Crippen LogP contribution in [0.5, 0.6) is 0 Å². The second-order valence-electron chi connectivity index (χ2n) is 10.2. The minimum atomic E-state index is -1.98. The molecule has 0 aromatic carbocycles. The SMILES string of the molecule is C/C1=C\[C@@H](O[C@@H]2CCCCO2)C(=O)/C=C/C=C\c2csc(n2)[C@@H](C)NC(=O)C[C@@]2(CC1)[S@@](=O)SC(=O)[C@]2(C)O. The van der Waals surface area contributed by atoms with Gasteiger partial charge >= 0.3 is 0 Å². The number of carbonyl (C=O) groups is 3. The molecule has 1 spiro atoms. The number of ketones is 1. The van der Waals surface area contributed by atoms with Crippen molar-refractivity contribution in [3.05, 3.63) is 46.0 Å². The largest absolute Gasteiger partial charge is 0.380 e. The van der Waals surface area contributed by atoms with Gasteiger partial charge < -0.3 is 19.9 Å². The van der Waals surface area contributed by atoms with Crippen LogP contribution in [0, 0.1) is 0 Å². The molecule has 0 saturated carbocycles. The quantitative estimate of drug-likeness (QED) is 0.386. The van der Waals surface area contributed by atoms with Gasteiger partial charge in [0.05, 0.1) is 21.6 Å². The summed E-state index contributed by atoms with van der Waals surface area (Å²) < 4.78 is 23.5. The molecular weight excluding hydrogens is 561 g/mol.